The molecule has 0 spiro atoms. The fourth-order valence-corrected chi connectivity index (χ4v) is 1.39. The van der Waals surface area contributed by atoms with E-state index in [0.717, 1.165) is 6.54 Å². The Morgan fingerprint density at radius 3 is 1.22 bits per heavy atom. The van der Waals surface area contributed by atoms with Crippen molar-refractivity contribution in [2.75, 3.05) is 76.0 Å². The first kappa shape index (κ1) is 20.2. The molecule has 4 heteroatoms. The number of rotatable bonds is 7. The number of likely N-dealkylation sites (N-methyl/N-ethyl adjacent to an activating group) is 2. The van der Waals surface area contributed by atoms with E-state index in [9.17, 15) is 0 Å². The Kier molecular flexibility index (Phi) is 13.3. The molecule has 0 bridgehead atoms. The van der Waals surface area contributed by atoms with Crippen molar-refractivity contribution in [2.24, 2.45) is 0 Å². The lowest BCUT2D eigenvalue weighted by Gasteiger charge is -2.22. The Hall–Kier alpha value is -0.160. The maximum atomic E-state index is 2.22. The van der Waals surface area contributed by atoms with Crippen LogP contribution in [0.2, 0.25) is 0 Å². The van der Waals surface area contributed by atoms with Gasteiger partial charge in [-0.1, -0.05) is 0 Å². The zero-order valence-electron chi connectivity index (χ0n) is 14.2. The maximum absolute atomic E-state index is 2.22. The average Bonchev–Trinajstić information content (AvgIpc) is 2.15. The van der Waals surface area contributed by atoms with Crippen LogP contribution in [0.4, 0.5) is 0 Å². The molecule has 0 aliphatic rings. The molecule has 0 fully saturated rings. The topological polar surface area (TPSA) is 13.0 Å². The first-order valence-corrected chi connectivity index (χ1v) is 6.77. The molecule has 1 unspecified atom stereocenters. The molecular weight excluding hydrogens is 224 g/mol. The van der Waals surface area contributed by atoms with Gasteiger partial charge in [0.1, 0.15) is 0 Å². The molecule has 0 radical (unpaired) electrons. The van der Waals surface area contributed by atoms with E-state index in [1.165, 1.54) is 19.5 Å². The highest BCUT2D eigenvalue weighted by molar-refractivity contribution is 4.61. The van der Waals surface area contributed by atoms with Gasteiger partial charge in [-0.25, -0.2) is 0 Å². The van der Waals surface area contributed by atoms with Crippen LogP contribution in [0.1, 0.15) is 13.3 Å². The Morgan fingerprint density at radius 2 is 1.06 bits per heavy atom. The maximum Gasteiger partial charge on any atom is 0.0188 e. The van der Waals surface area contributed by atoms with Gasteiger partial charge in [0.2, 0.25) is 0 Å². The van der Waals surface area contributed by atoms with Gasteiger partial charge in [0.25, 0.3) is 0 Å². The van der Waals surface area contributed by atoms with Crippen LogP contribution in [0.25, 0.3) is 0 Å². The van der Waals surface area contributed by atoms with Crippen LogP contribution in [0.5, 0.6) is 0 Å². The Morgan fingerprint density at radius 1 is 0.667 bits per heavy atom. The van der Waals surface area contributed by atoms with Crippen LogP contribution in [-0.4, -0.2) is 102 Å². The van der Waals surface area contributed by atoms with E-state index in [4.69, 9.17) is 0 Å². The molecule has 112 valence electrons. The van der Waals surface area contributed by atoms with Crippen molar-refractivity contribution in [3.05, 3.63) is 0 Å². The number of hydrogen-bond donors (Lipinski definition) is 0. The molecule has 0 heterocycles. The second kappa shape index (κ2) is 11.9. The van der Waals surface area contributed by atoms with Gasteiger partial charge >= 0.3 is 0 Å². The van der Waals surface area contributed by atoms with Gasteiger partial charge in [-0.2, -0.15) is 0 Å². The standard InChI is InChI=1S/2C7H18N2/c1-7(9(4)5)6-8(2)3;1-8(2)6-5-7-9(3)4/h7H,6H2,1-5H3;5-7H2,1-4H3. The summed E-state index contributed by atoms with van der Waals surface area (Å²) in [4.78, 5) is 8.84. The fraction of sp³-hybridized carbons (Fsp3) is 1.00. The molecule has 4 nitrogen and oxygen atoms in total. The van der Waals surface area contributed by atoms with E-state index in [-0.39, 0.29) is 0 Å². The summed E-state index contributed by atoms with van der Waals surface area (Å²) in [5.74, 6) is 0. The number of hydrogen-bond acceptors (Lipinski definition) is 4. The quantitative estimate of drug-likeness (QED) is 0.677. The van der Waals surface area contributed by atoms with Gasteiger partial charge in [0.05, 0.1) is 0 Å². The zero-order valence-corrected chi connectivity index (χ0v) is 14.2. The SMILES string of the molecule is CC(CN(C)C)N(C)C.CN(C)CCCN(C)C. The Balaban J connectivity index is 0. The molecular formula is C14H36N4. The van der Waals surface area contributed by atoms with E-state index in [1.54, 1.807) is 0 Å². The second-order valence-electron chi connectivity index (χ2n) is 6.03. The van der Waals surface area contributed by atoms with Gasteiger partial charge in [0.15, 0.2) is 0 Å². The fourth-order valence-electron chi connectivity index (χ4n) is 1.39. The predicted molar refractivity (Wildman–Crippen MR) is 83.4 cm³/mol. The third-order valence-corrected chi connectivity index (χ3v) is 2.72. The number of nitrogens with zero attached hydrogens (tertiary/aromatic N) is 4. The minimum atomic E-state index is 0.653. The third-order valence-electron chi connectivity index (χ3n) is 2.72. The summed E-state index contributed by atoms with van der Waals surface area (Å²) in [6.07, 6.45) is 1.26. The smallest absolute Gasteiger partial charge is 0.0188 e. The molecule has 0 aromatic carbocycles. The summed E-state index contributed by atoms with van der Waals surface area (Å²) in [7, 11) is 16.8. The molecule has 0 aliphatic heterocycles. The van der Waals surface area contributed by atoms with E-state index in [0.29, 0.717) is 6.04 Å². The monoisotopic (exact) mass is 260 g/mol. The molecule has 0 rings (SSSR count). The van der Waals surface area contributed by atoms with Crippen molar-refractivity contribution < 1.29 is 0 Å². The van der Waals surface area contributed by atoms with Crippen molar-refractivity contribution in [1.29, 1.82) is 0 Å². The molecule has 18 heavy (non-hydrogen) atoms. The second-order valence-corrected chi connectivity index (χ2v) is 6.03. The first-order valence-electron chi connectivity index (χ1n) is 6.77. The Labute approximate surface area is 116 Å². The van der Waals surface area contributed by atoms with Gasteiger partial charge in [-0.15, -0.1) is 0 Å². The molecule has 0 aromatic rings. The highest BCUT2D eigenvalue weighted by Crippen LogP contribution is 1.91. The minimum Gasteiger partial charge on any atom is -0.309 e. The lowest BCUT2D eigenvalue weighted by Crippen LogP contribution is -2.34. The largest absolute Gasteiger partial charge is 0.309 e. The summed E-state index contributed by atoms with van der Waals surface area (Å²) in [6, 6.07) is 0.653. The van der Waals surface area contributed by atoms with Crippen LogP contribution in [0.15, 0.2) is 0 Å². The van der Waals surface area contributed by atoms with Crippen molar-refractivity contribution in [3.63, 3.8) is 0 Å². The average molecular weight is 260 g/mol. The molecule has 0 N–H and O–H groups in total. The van der Waals surface area contributed by atoms with Gasteiger partial charge < -0.3 is 19.6 Å². The highest BCUT2D eigenvalue weighted by Gasteiger charge is 2.03. The molecule has 0 amide bonds. The lowest BCUT2D eigenvalue weighted by atomic mass is 10.3. The Bertz CT molecular complexity index is 159. The minimum absolute atomic E-state index is 0.653. The van der Waals surface area contributed by atoms with E-state index >= 15 is 0 Å². The van der Waals surface area contributed by atoms with E-state index < -0.39 is 0 Å². The summed E-state index contributed by atoms with van der Waals surface area (Å²) in [5, 5.41) is 0. The first-order chi connectivity index (χ1) is 8.16. The summed E-state index contributed by atoms with van der Waals surface area (Å²) in [6.45, 7) is 5.74. The van der Waals surface area contributed by atoms with Crippen molar-refractivity contribution in [3.8, 4) is 0 Å². The third kappa shape index (κ3) is 18.2. The summed E-state index contributed by atoms with van der Waals surface area (Å²) in [5.41, 5.74) is 0. The summed E-state index contributed by atoms with van der Waals surface area (Å²) < 4.78 is 0. The van der Waals surface area contributed by atoms with Crippen molar-refractivity contribution >= 4 is 0 Å². The molecule has 1 atom stereocenters. The molecule has 0 saturated carbocycles. The predicted octanol–water partition coefficient (Wildman–Crippen LogP) is 0.998. The molecule has 0 saturated heterocycles. The van der Waals surface area contributed by atoms with Crippen LogP contribution in [0.3, 0.4) is 0 Å². The lowest BCUT2D eigenvalue weighted by molar-refractivity contribution is 0.244. The zero-order chi connectivity index (χ0) is 14.7. The van der Waals surface area contributed by atoms with E-state index in [1.807, 2.05) is 0 Å². The van der Waals surface area contributed by atoms with Crippen molar-refractivity contribution in [1.82, 2.24) is 19.6 Å². The normalized spacial score (nSPS) is 13.2. The summed E-state index contributed by atoms with van der Waals surface area (Å²) >= 11 is 0. The molecule has 0 aliphatic carbocycles. The van der Waals surface area contributed by atoms with E-state index in [2.05, 4.69) is 82.9 Å². The van der Waals surface area contributed by atoms with Crippen LogP contribution in [0, 0.1) is 0 Å². The van der Waals surface area contributed by atoms with Crippen LogP contribution < -0.4 is 0 Å². The van der Waals surface area contributed by atoms with Gasteiger partial charge in [-0.3, -0.25) is 0 Å². The highest BCUT2D eigenvalue weighted by atomic mass is 15.2. The van der Waals surface area contributed by atoms with Gasteiger partial charge in [0, 0.05) is 12.6 Å². The van der Waals surface area contributed by atoms with Crippen LogP contribution in [-0.2, 0) is 0 Å². The molecule has 0 aromatic heterocycles. The van der Waals surface area contributed by atoms with Gasteiger partial charge in [-0.05, 0) is 82.8 Å². The van der Waals surface area contributed by atoms with Crippen molar-refractivity contribution in [2.45, 2.75) is 19.4 Å². The van der Waals surface area contributed by atoms with Crippen LogP contribution >= 0.6 is 0 Å².